The molecule has 4 heteroatoms. The fraction of sp³-hybridized carbons (Fsp3) is 0.571. The third-order valence-corrected chi connectivity index (χ3v) is 5.35. The summed E-state index contributed by atoms with van der Waals surface area (Å²) in [5, 5.41) is 4.40. The minimum atomic E-state index is 0.476. The first-order valence-electron chi connectivity index (χ1n) is 9.37. The summed E-state index contributed by atoms with van der Waals surface area (Å²) in [4.78, 5) is 5.00. The summed E-state index contributed by atoms with van der Waals surface area (Å²) in [6.07, 6.45) is 6.81. The molecule has 1 aliphatic rings. The summed E-state index contributed by atoms with van der Waals surface area (Å²) in [5.41, 5.74) is 5.49. The van der Waals surface area contributed by atoms with E-state index in [1.54, 1.807) is 0 Å². The number of aromatic nitrogens is 2. The molecule has 0 amide bonds. The topological polar surface area (TPSA) is 24.3 Å². The van der Waals surface area contributed by atoms with Gasteiger partial charge < -0.3 is 4.90 Å². The normalized spacial score (nSPS) is 21.8. The second kappa shape index (κ2) is 7.71. The molecule has 0 radical (unpaired) electrons. The Balaban J connectivity index is 1.70. The summed E-state index contributed by atoms with van der Waals surface area (Å²) >= 11 is 0. The number of hydrogen-bond donors (Lipinski definition) is 0. The van der Waals surface area contributed by atoms with E-state index in [0.29, 0.717) is 12.0 Å². The molecule has 1 aliphatic heterocycles. The Kier molecular flexibility index (Phi) is 5.60. The van der Waals surface area contributed by atoms with E-state index < -0.39 is 0 Å². The zero-order chi connectivity index (χ0) is 18.0. The van der Waals surface area contributed by atoms with Gasteiger partial charge in [-0.1, -0.05) is 29.3 Å². The van der Waals surface area contributed by atoms with Crippen LogP contribution in [0.1, 0.15) is 41.1 Å². The lowest BCUT2D eigenvalue weighted by atomic mass is 9.85. The number of piperidine rings is 1. The van der Waals surface area contributed by atoms with Crippen molar-refractivity contribution >= 4 is 0 Å². The Morgan fingerprint density at radius 3 is 2.52 bits per heavy atom. The molecule has 1 aromatic carbocycles. The van der Waals surface area contributed by atoms with E-state index in [4.69, 9.17) is 0 Å². The van der Waals surface area contributed by atoms with Crippen LogP contribution in [0.2, 0.25) is 0 Å². The van der Waals surface area contributed by atoms with Crippen LogP contribution >= 0.6 is 0 Å². The zero-order valence-electron chi connectivity index (χ0n) is 16.4. The van der Waals surface area contributed by atoms with E-state index in [2.05, 4.69) is 67.2 Å². The lowest BCUT2D eigenvalue weighted by Gasteiger charge is -2.40. The number of nitrogens with zero attached hydrogens (tertiary/aromatic N) is 4. The van der Waals surface area contributed by atoms with Gasteiger partial charge in [0.1, 0.15) is 0 Å². The highest BCUT2D eigenvalue weighted by Crippen LogP contribution is 2.35. The van der Waals surface area contributed by atoms with Gasteiger partial charge in [-0.25, -0.2) is 0 Å². The summed E-state index contributed by atoms with van der Waals surface area (Å²) in [7, 11) is 6.52. The largest absolute Gasteiger partial charge is 0.302 e. The third-order valence-electron chi connectivity index (χ3n) is 5.35. The van der Waals surface area contributed by atoms with Gasteiger partial charge in [-0.05, 0) is 58.8 Å². The van der Waals surface area contributed by atoms with Gasteiger partial charge in [0.15, 0.2) is 0 Å². The van der Waals surface area contributed by atoms with E-state index in [1.807, 2.05) is 17.9 Å². The lowest BCUT2D eigenvalue weighted by Crippen LogP contribution is -2.40. The average molecular weight is 341 g/mol. The molecule has 1 fully saturated rings. The standard InChI is InChI=1S/C21H32N4/c1-16-9-17(2)11-18(10-16)13-23(3)14-19-7-6-8-24(4)21(19)20-12-22-25(5)15-20/h9-12,15,19,21H,6-8,13-14H2,1-5H3/t19-,21+/m0/s1. The fourth-order valence-corrected chi connectivity index (χ4v) is 4.51. The van der Waals surface area contributed by atoms with Crippen molar-refractivity contribution in [1.29, 1.82) is 0 Å². The summed E-state index contributed by atoms with van der Waals surface area (Å²) < 4.78 is 1.92. The second-order valence-corrected chi connectivity index (χ2v) is 7.97. The average Bonchev–Trinajstić information content (AvgIpc) is 2.92. The molecule has 0 N–H and O–H groups in total. The Morgan fingerprint density at radius 1 is 1.16 bits per heavy atom. The van der Waals surface area contributed by atoms with Crippen molar-refractivity contribution in [3.8, 4) is 0 Å². The molecule has 2 aromatic rings. The Bertz CT molecular complexity index is 685. The summed E-state index contributed by atoms with van der Waals surface area (Å²) in [6, 6.07) is 7.35. The van der Waals surface area contributed by atoms with Crippen LogP contribution in [-0.2, 0) is 13.6 Å². The minimum Gasteiger partial charge on any atom is -0.302 e. The molecule has 0 aliphatic carbocycles. The predicted molar refractivity (Wildman–Crippen MR) is 104 cm³/mol. The molecular weight excluding hydrogens is 308 g/mol. The first-order valence-corrected chi connectivity index (χ1v) is 9.37. The molecule has 0 spiro atoms. The lowest BCUT2D eigenvalue weighted by molar-refractivity contribution is 0.0926. The quantitative estimate of drug-likeness (QED) is 0.832. The number of benzene rings is 1. The summed E-state index contributed by atoms with van der Waals surface area (Å²) in [6.45, 7) is 7.69. The van der Waals surface area contributed by atoms with Crippen molar-refractivity contribution < 1.29 is 0 Å². The van der Waals surface area contributed by atoms with E-state index in [1.165, 1.54) is 41.6 Å². The zero-order valence-corrected chi connectivity index (χ0v) is 16.4. The maximum Gasteiger partial charge on any atom is 0.0537 e. The van der Waals surface area contributed by atoms with Crippen molar-refractivity contribution in [3.05, 3.63) is 52.8 Å². The van der Waals surface area contributed by atoms with Crippen LogP contribution in [0.25, 0.3) is 0 Å². The van der Waals surface area contributed by atoms with Crippen LogP contribution in [0.5, 0.6) is 0 Å². The van der Waals surface area contributed by atoms with Crippen LogP contribution in [0.4, 0.5) is 0 Å². The van der Waals surface area contributed by atoms with E-state index in [-0.39, 0.29) is 0 Å². The molecule has 4 nitrogen and oxygen atoms in total. The number of rotatable bonds is 5. The first-order chi connectivity index (χ1) is 11.9. The molecule has 3 rings (SSSR count). The van der Waals surface area contributed by atoms with Crippen molar-refractivity contribution in [2.45, 2.75) is 39.3 Å². The monoisotopic (exact) mass is 340 g/mol. The third kappa shape index (κ3) is 4.50. The van der Waals surface area contributed by atoms with Gasteiger partial charge in [0.2, 0.25) is 0 Å². The minimum absolute atomic E-state index is 0.476. The smallest absolute Gasteiger partial charge is 0.0537 e. The molecule has 1 aromatic heterocycles. The maximum atomic E-state index is 4.40. The fourth-order valence-electron chi connectivity index (χ4n) is 4.51. The Morgan fingerprint density at radius 2 is 1.88 bits per heavy atom. The van der Waals surface area contributed by atoms with Crippen molar-refractivity contribution in [2.24, 2.45) is 13.0 Å². The molecule has 1 saturated heterocycles. The van der Waals surface area contributed by atoms with Gasteiger partial charge in [0.05, 0.1) is 6.20 Å². The highest BCUT2D eigenvalue weighted by molar-refractivity contribution is 5.28. The van der Waals surface area contributed by atoms with E-state index in [0.717, 1.165) is 13.1 Å². The Labute approximate surface area is 152 Å². The van der Waals surface area contributed by atoms with Crippen LogP contribution < -0.4 is 0 Å². The van der Waals surface area contributed by atoms with Crippen molar-refractivity contribution in [2.75, 3.05) is 27.2 Å². The van der Waals surface area contributed by atoms with Gasteiger partial charge in [-0.3, -0.25) is 9.58 Å². The van der Waals surface area contributed by atoms with Gasteiger partial charge in [0.25, 0.3) is 0 Å². The van der Waals surface area contributed by atoms with Crippen LogP contribution in [0, 0.1) is 19.8 Å². The van der Waals surface area contributed by atoms with Gasteiger partial charge in [0, 0.05) is 37.9 Å². The highest BCUT2D eigenvalue weighted by Gasteiger charge is 2.32. The SMILES string of the molecule is Cc1cc(C)cc(CN(C)C[C@@H]2CCCN(C)[C@H]2c2cnn(C)c2)c1. The molecule has 2 heterocycles. The second-order valence-electron chi connectivity index (χ2n) is 7.97. The first kappa shape index (κ1) is 18.2. The summed E-state index contributed by atoms with van der Waals surface area (Å²) in [5.74, 6) is 0.652. The molecule has 2 atom stereocenters. The van der Waals surface area contributed by atoms with Crippen LogP contribution in [0.15, 0.2) is 30.6 Å². The van der Waals surface area contributed by atoms with Crippen LogP contribution in [-0.4, -0.2) is 46.8 Å². The van der Waals surface area contributed by atoms with Crippen LogP contribution in [0.3, 0.4) is 0 Å². The molecule has 0 saturated carbocycles. The van der Waals surface area contributed by atoms with Crippen molar-refractivity contribution in [1.82, 2.24) is 19.6 Å². The van der Waals surface area contributed by atoms with Crippen molar-refractivity contribution in [3.63, 3.8) is 0 Å². The van der Waals surface area contributed by atoms with Gasteiger partial charge in [-0.15, -0.1) is 0 Å². The maximum absolute atomic E-state index is 4.40. The van der Waals surface area contributed by atoms with E-state index in [9.17, 15) is 0 Å². The number of aryl methyl sites for hydroxylation is 3. The van der Waals surface area contributed by atoms with Gasteiger partial charge in [-0.2, -0.15) is 5.10 Å². The van der Waals surface area contributed by atoms with Gasteiger partial charge >= 0.3 is 0 Å². The molecule has 0 bridgehead atoms. The molecular formula is C21H32N4. The number of hydrogen-bond acceptors (Lipinski definition) is 3. The number of likely N-dealkylation sites (tertiary alicyclic amines) is 1. The molecule has 136 valence electrons. The Hall–Kier alpha value is -1.65. The highest BCUT2D eigenvalue weighted by atomic mass is 15.3. The molecule has 0 unspecified atom stereocenters. The predicted octanol–water partition coefficient (Wildman–Crippen LogP) is 3.55. The molecule has 25 heavy (non-hydrogen) atoms. The van der Waals surface area contributed by atoms with E-state index >= 15 is 0 Å².